The van der Waals surface area contributed by atoms with Crippen molar-refractivity contribution in [2.75, 3.05) is 0 Å². The molecule has 1 rings (SSSR count). The van der Waals surface area contributed by atoms with Gasteiger partial charge < -0.3 is 0 Å². The zero-order valence-electron chi connectivity index (χ0n) is 12.0. The van der Waals surface area contributed by atoms with E-state index in [4.69, 9.17) is 0 Å². The Morgan fingerprint density at radius 3 is 1.94 bits per heavy atom. The van der Waals surface area contributed by atoms with Crippen molar-refractivity contribution in [1.82, 2.24) is 0 Å². The van der Waals surface area contributed by atoms with Crippen LogP contribution in [0.5, 0.6) is 0 Å². The quantitative estimate of drug-likeness (QED) is 0.640. The summed E-state index contributed by atoms with van der Waals surface area (Å²) in [5.74, 6) is 0. The van der Waals surface area contributed by atoms with E-state index in [0.717, 1.165) is 18.5 Å². The molecule has 0 N–H and O–H groups in total. The van der Waals surface area contributed by atoms with Gasteiger partial charge in [-0.1, -0.05) is 19.4 Å². The van der Waals surface area contributed by atoms with E-state index in [1.54, 1.807) is 0 Å². The Labute approximate surface area is 106 Å². The third-order valence-corrected chi connectivity index (χ3v) is 3.63. The van der Waals surface area contributed by atoms with E-state index < -0.39 is 0 Å². The van der Waals surface area contributed by atoms with Crippen LogP contribution in [0.4, 0.5) is 5.69 Å². The number of hydrogen-bond acceptors (Lipinski definition) is 0. The first kappa shape index (κ1) is 13.8. The van der Waals surface area contributed by atoms with Crippen molar-refractivity contribution < 1.29 is 0 Å². The second-order valence-electron chi connectivity index (χ2n) is 5.24. The number of rotatable bonds is 2. The van der Waals surface area contributed by atoms with Gasteiger partial charge in [-0.2, -0.15) is 0 Å². The third-order valence-electron chi connectivity index (χ3n) is 3.63. The van der Waals surface area contributed by atoms with Gasteiger partial charge in [0.1, 0.15) is 5.41 Å². The van der Waals surface area contributed by atoms with E-state index in [1.165, 1.54) is 16.7 Å². The summed E-state index contributed by atoms with van der Waals surface area (Å²) < 4.78 is 0. The van der Waals surface area contributed by atoms with Gasteiger partial charge in [-0.25, -0.2) is 0 Å². The SMILES string of the molecule is CCC(C)(C#[N+]c1c(C)cc(C)cc1C)CC. The molecule has 0 aliphatic rings. The summed E-state index contributed by atoms with van der Waals surface area (Å²) in [6.45, 7) is 13.0. The highest BCUT2D eigenvalue weighted by Gasteiger charge is 2.24. The molecule has 1 nitrogen and oxygen atoms in total. The molecule has 0 unspecified atom stereocenters. The number of aryl methyl sites for hydroxylation is 3. The molecule has 0 radical (unpaired) electrons. The fourth-order valence-corrected chi connectivity index (χ4v) is 1.95. The summed E-state index contributed by atoms with van der Waals surface area (Å²) in [5.41, 5.74) is 4.97. The molecule has 0 atom stereocenters. The van der Waals surface area contributed by atoms with Crippen molar-refractivity contribution in [3.05, 3.63) is 33.7 Å². The summed E-state index contributed by atoms with van der Waals surface area (Å²) in [6, 6.07) is 7.70. The minimum absolute atomic E-state index is 0.101. The normalized spacial score (nSPS) is 10.9. The van der Waals surface area contributed by atoms with Gasteiger partial charge in [0.15, 0.2) is 0 Å². The molecule has 0 heterocycles. The number of nitrogens with zero attached hydrogens (tertiary/aromatic N) is 1. The molecular weight excluding hydrogens is 206 g/mol. The topological polar surface area (TPSA) is 4.36 Å². The predicted molar refractivity (Wildman–Crippen MR) is 76.2 cm³/mol. The molecule has 0 saturated carbocycles. The van der Waals surface area contributed by atoms with Gasteiger partial charge in [-0.15, -0.1) is 0 Å². The molecule has 0 bridgehead atoms. The molecule has 0 aliphatic heterocycles. The van der Waals surface area contributed by atoms with Crippen LogP contribution in [0.15, 0.2) is 12.1 Å². The minimum Gasteiger partial charge on any atom is -0.0637 e. The summed E-state index contributed by atoms with van der Waals surface area (Å²) in [7, 11) is 0. The number of benzene rings is 1. The second kappa shape index (κ2) is 5.36. The maximum Gasteiger partial charge on any atom is 0.345 e. The molecule has 1 heteroatoms. The molecule has 0 aromatic heterocycles. The summed E-state index contributed by atoms with van der Waals surface area (Å²) in [4.78, 5) is 4.61. The molecule has 1 aromatic rings. The largest absolute Gasteiger partial charge is 0.345 e. The number of hydrogen-bond donors (Lipinski definition) is 0. The summed E-state index contributed by atoms with van der Waals surface area (Å²) >= 11 is 0. The Morgan fingerprint density at radius 1 is 1.06 bits per heavy atom. The van der Waals surface area contributed by atoms with Gasteiger partial charge in [0.25, 0.3) is 6.07 Å². The van der Waals surface area contributed by atoms with Gasteiger partial charge in [0.2, 0.25) is 0 Å². The van der Waals surface area contributed by atoms with Crippen molar-refractivity contribution in [2.45, 2.75) is 54.4 Å². The summed E-state index contributed by atoms with van der Waals surface area (Å²) in [5, 5.41) is 0. The van der Waals surface area contributed by atoms with Crippen LogP contribution in [-0.4, -0.2) is 0 Å². The van der Waals surface area contributed by atoms with Crippen molar-refractivity contribution in [3.8, 4) is 6.07 Å². The first-order chi connectivity index (χ1) is 7.91. The van der Waals surface area contributed by atoms with Gasteiger partial charge in [-0.05, 0) is 57.5 Å². The Bertz CT molecular complexity index is 433. The van der Waals surface area contributed by atoms with Crippen LogP contribution in [0.1, 0.15) is 50.3 Å². The Kier molecular flexibility index (Phi) is 4.34. The van der Waals surface area contributed by atoms with Crippen molar-refractivity contribution in [1.29, 1.82) is 0 Å². The van der Waals surface area contributed by atoms with E-state index >= 15 is 0 Å². The lowest BCUT2D eigenvalue weighted by Gasteiger charge is -2.11. The van der Waals surface area contributed by atoms with E-state index in [9.17, 15) is 0 Å². The van der Waals surface area contributed by atoms with E-state index in [2.05, 4.69) is 64.6 Å². The lowest BCUT2D eigenvalue weighted by molar-refractivity contribution is 0.415. The predicted octanol–water partition coefficient (Wildman–Crippen LogP) is 5.40. The fraction of sp³-hybridized carbons (Fsp3) is 0.562. The summed E-state index contributed by atoms with van der Waals surface area (Å²) in [6.07, 6.45) is 2.16. The van der Waals surface area contributed by atoms with Gasteiger partial charge in [0.05, 0.1) is 0 Å². The van der Waals surface area contributed by atoms with Crippen molar-refractivity contribution >= 4 is 5.69 Å². The van der Waals surface area contributed by atoms with Crippen LogP contribution in [0.2, 0.25) is 0 Å². The van der Waals surface area contributed by atoms with Crippen LogP contribution >= 0.6 is 0 Å². The monoisotopic (exact) mass is 230 g/mol. The maximum absolute atomic E-state index is 4.61. The first-order valence-corrected chi connectivity index (χ1v) is 6.47. The highest BCUT2D eigenvalue weighted by atomic mass is 14.7. The third kappa shape index (κ3) is 3.33. The molecule has 0 saturated heterocycles. The van der Waals surface area contributed by atoms with E-state index in [-0.39, 0.29) is 5.41 Å². The zero-order valence-corrected chi connectivity index (χ0v) is 12.0. The minimum atomic E-state index is 0.101. The average Bonchev–Trinajstić information content (AvgIpc) is 2.27. The molecule has 0 fully saturated rings. The molecule has 1 aromatic carbocycles. The van der Waals surface area contributed by atoms with Crippen LogP contribution < -0.4 is 0 Å². The van der Waals surface area contributed by atoms with Gasteiger partial charge >= 0.3 is 5.69 Å². The Balaban J connectivity index is 3.16. The lowest BCUT2D eigenvalue weighted by Crippen LogP contribution is -2.09. The molecular formula is C16H24N+. The molecule has 0 aliphatic carbocycles. The fourth-order valence-electron chi connectivity index (χ4n) is 1.95. The highest BCUT2D eigenvalue weighted by molar-refractivity contribution is 5.60. The molecule has 17 heavy (non-hydrogen) atoms. The van der Waals surface area contributed by atoms with Gasteiger partial charge in [-0.3, -0.25) is 0 Å². The van der Waals surface area contributed by atoms with Gasteiger partial charge in [0, 0.05) is 11.1 Å². The first-order valence-electron chi connectivity index (χ1n) is 6.47. The standard InChI is InChI=1S/C16H24N/c1-7-16(6,8-2)11-17-15-13(4)9-12(3)10-14(15)5/h9-10H,7-8H2,1-6H3/q+1. The molecule has 92 valence electrons. The lowest BCUT2D eigenvalue weighted by atomic mass is 9.87. The van der Waals surface area contributed by atoms with Crippen LogP contribution in [0.3, 0.4) is 0 Å². The van der Waals surface area contributed by atoms with Crippen LogP contribution in [0.25, 0.3) is 4.85 Å². The highest BCUT2D eigenvalue weighted by Crippen LogP contribution is 2.29. The Hall–Kier alpha value is -1.29. The van der Waals surface area contributed by atoms with E-state index in [0.29, 0.717) is 0 Å². The maximum atomic E-state index is 4.61. The van der Waals surface area contributed by atoms with Crippen LogP contribution in [0, 0.1) is 32.3 Å². The molecule has 0 amide bonds. The van der Waals surface area contributed by atoms with Crippen molar-refractivity contribution in [3.63, 3.8) is 0 Å². The van der Waals surface area contributed by atoms with E-state index in [1.807, 2.05) is 0 Å². The Morgan fingerprint density at radius 2 is 1.53 bits per heavy atom. The van der Waals surface area contributed by atoms with Crippen molar-refractivity contribution in [2.24, 2.45) is 5.41 Å². The zero-order chi connectivity index (χ0) is 13.1. The second-order valence-corrected chi connectivity index (χ2v) is 5.24. The smallest absolute Gasteiger partial charge is 0.0637 e. The average molecular weight is 230 g/mol. The van der Waals surface area contributed by atoms with Crippen LogP contribution in [-0.2, 0) is 0 Å². The molecule has 0 spiro atoms.